The zero-order valence-electron chi connectivity index (χ0n) is 13.1. The van der Waals surface area contributed by atoms with E-state index in [1.54, 1.807) is 18.5 Å². The van der Waals surface area contributed by atoms with Crippen LogP contribution in [0.1, 0.15) is 12.2 Å². The Morgan fingerprint density at radius 1 is 1.36 bits per heavy atom. The first-order valence-electron chi connectivity index (χ1n) is 8.10. The number of rotatable bonds is 6. The summed E-state index contributed by atoms with van der Waals surface area (Å²) >= 11 is 0. The Hall–Kier alpha value is -1.66. The lowest BCUT2D eigenvalue weighted by atomic mass is 10.1. The summed E-state index contributed by atoms with van der Waals surface area (Å²) in [6.07, 6.45) is 6.42. The van der Waals surface area contributed by atoms with Gasteiger partial charge in [-0.1, -0.05) is 12.7 Å². The van der Waals surface area contributed by atoms with Gasteiger partial charge in [0.05, 0.1) is 26.2 Å². The number of piperazine rings is 3. The van der Waals surface area contributed by atoms with E-state index in [1.807, 2.05) is 0 Å². The summed E-state index contributed by atoms with van der Waals surface area (Å²) < 4.78 is 7.84. The lowest BCUT2D eigenvalue weighted by Gasteiger charge is -2.50. The van der Waals surface area contributed by atoms with Crippen molar-refractivity contribution in [3.8, 4) is 0 Å². The molecule has 4 rings (SSSR count). The maximum atomic E-state index is 11.9. The number of hydrogen-bond donors (Lipinski definition) is 0. The number of hydrogen-bond acceptors (Lipinski definition) is 4. The lowest BCUT2D eigenvalue weighted by molar-refractivity contribution is -0.941. The zero-order valence-corrected chi connectivity index (χ0v) is 13.1. The van der Waals surface area contributed by atoms with Crippen LogP contribution in [0.3, 0.4) is 0 Å². The second-order valence-electron chi connectivity index (χ2n) is 6.26. The fourth-order valence-corrected chi connectivity index (χ4v) is 3.52. The van der Waals surface area contributed by atoms with Gasteiger partial charge in [0.15, 0.2) is 0 Å². The van der Waals surface area contributed by atoms with E-state index in [2.05, 4.69) is 16.5 Å². The maximum Gasteiger partial charge on any atom is 0.419 e. The summed E-state index contributed by atoms with van der Waals surface area (Å²) in [5.41, 5.74) is 0. The monoisotopic (exact) mass is 305 g/mol. The Morgan fingerprint density at radius 2 is 2.09 bits per heavy atom. The Bertz CT molecular complexity index is 518. The zero-order chi connectivity index (χ0) is 15.4. The molecule has 0 radical (unpaired) electrons. The molecule has 3 aliphatic heterocycles. The number of aromatic nitrogens is 2. The van der Waals surface area contributed by atoms with Gasteiger partial charge in [-0.15, -0.1) is 0 Å². The third-order valence-electron chi connectivity index (χ3n) is 4.94. The van der Waals surface area contributed by atoms with Crippen molar-refractivity contribution in [2.75, 3.05) is 52.4 Å². The molecule has 3 fully saturated rings. The predicted molar refractivity (Wildman–Crippen MR) is 83.7 cm³/mol. The van der Waals surface area contributed by atoms with E-state index >= 15 is 0 Å². The Morgan fingerprint density at radius 3 is 2.77 bits per heavy atom. The summed E-state index contributed by atoms with van der Waals surface area (Å²) in [4.78, 5) is 18.8. The normalized spacial score (nSPS) is 26.8. The second kappa shape index (κ2) is 6.62. The van der Waals surface area contributed by atoms with Crippen LogP contribution in [0, 0.1) is 0 Å². The van der Waals surface area contributed by atoms with E-state index in [4.69, 9.17) is 4.74 Å². The van der Waals surface area contributed by atoms with Crippen molar-refractivity contribution in [2.45, 2.75) is 12.8 Å². The molecule has 1 aromatic rings. The van der Waals surface area contributed by atoms with Crippen molar-refractivity contribution >= 4 is 6.09 Å². The predicted octanol–water partition coefficient (Wildman–Crippen LogP) is 1.13. The van der Waals surface area contributed by atoms with E-state index < -0.39 is 0 Å². The molecule has 0 aliphatic carbocycles. The van der Waals surface area contributed by atoms with Gasteiger partial charge in [-0.05, 0) is 0 Å². The van der Waals surface area contributed by atoms with E-state index in [9.17, 15) is 4.79 Å². The number of quaternary nitrogens is 1. The summed E-state index contributed by atoms with van der Waals surface area (Å²) in [7, 11) is 0. The lowest BCUT2D eigenvalue weighted by Crippen LogP contribution is -2.67. The number of fused-ring (bicyclic) bond motifs is 3. The van der Waals surface area contributed by atoms with Crippen LogP contribution in [-0.2, 0) is 11.2 Å². The van der Waals surface area contributed by atoms with E-state index in [0.29, 0.717) is 0 Å². The van der Waals surface area contributed by atoms with E-state index in [-0.39, 0.29) is 12.7 Å². The van der Waals surface area contributed by atoms with Crippen LogP contribution in [0.25, 0.3) is 0 Å². The second-order valence-corrected chi connectivity index (χ2v) is 6.26. The van der Waals surface area contributed by atoms with Crippen molar-refractivity contribution in [3.05, 3.63) is 30.9 Å². The van der Waals surface area contributed by atoms with Crippen LogP contribution in [0.2, 0.25) is 0 Å². The molecular weight excluding hydrogens is 280 g/mol. The smallest absolute Gasteiger partial charge is 0.419 e. The molecule has 3 aliphatic rings. The Balaban J connectivity index is 1.52. The van der Waals surface area contributed by atoms with Gasteiger partial charge < -0.3 is 9.22 Å². The molecule has 0 spiro atoms. The van der Waals surface area contributed by atoms with Gasteiger partial charge in [-0.3, -0.25) is 4.90 Å². The fraction of sp³-hybridized carbons (Fsp3) is 0.625. The minimum Gasteiger partial charge on any atom is -0.445 e. The summed E-state index contributed by atoms with van der Waals surface area (Å²) in [6, 6.07) is 0. The fourth-order valence-electron chi connectivity index (χ4n) is 3.52. The number of carbonyl (C=O) groups excluding carboxylic acids is 1. The maximum absolute atomic E-state index is 11.9. The number of nitrogens with zero attached hydrogens (tertiary/aromatic N) is 4. The first-order chi connectivity index (χ1) is 10.7. The molecule has 0 unspecified atom stereocenters. The van der Waals surface area contributed by atoms with E-state index in [0.717, 1.165) is 18.7 Å². The average molecular weight is 305 g/mol. The van der Waals surface area contributed by atoms with Crippen LogP contribution in [0.5, 0.6) is 0 Å². The molecular formula is C16H25N4O2+. The summed E-state index contributed by atoms with van der Waals surface area (Å²) in [5, 5.41) is 0. The molecule has 0 amide bonds. The number of imidazole rings is 1. The van der Waals surface area contributed by atoms with Crippen LogP contribution in [-0.4, -0.2) is 77.4 Å². The van der Waals surface area contributed by atoms with Crippen molar-refractivity contribution in [1.82, 2.24) is 14.5 Å². The molecule has 4 heterocycles. The van der Waals surface area contributed by atoms with Gasteiger partial charge in [0.1, 0.15) is 12.4 Å². The molecule has 0 N–H and O–H groups in total. The first kappa shape index (κ1) is 15.2. The molecule has 6 heteroatoms. The quantitative estimate of drug-likeness (QED) is 0.584. The minimum absolute atomic E-state index is 0.229. The molecule has 2 bridgehead atoms. The standard InChI is InChI=1S/C16H25N4O2/c1-2-14-22-16(21)19-6-5-17-15(19)4-3-10-20-11-7-18(8-12-20)9-13-20/h2,5-6H,1,3-4,7-14H2/q+1. The highest BCUT2D eigenvalue weighted by molar-refractivity contribution is 5.71. The summed E-state index contributed by atoms with van der Waals surface area (Å²) in [6.45, 7) is 12.5. The average Bonchev–Trinajstić information content (AvgIpc) is 3.03. The molecule has 120 valence electrons. The van der Waals surface area contributed by atoms with Crippen LogP contribution in [0.4, 0.5) is 4.79 Å². The Labute approximate surface area is 131 Å². The highest BCUT2D eigenvalue weighted by Crippen LogP contribution is 2.20. The van der Waals surface area contributed by atoms with Gasteiger partial charge in [-0.25, -0.2) is 14.3 Å². The first-order valence-corrected chi connectivity index (χ1v) is 8.10. The molecule has 0 saturated carbocycles. The highest BCUT2D eigenvalue weighted by Gasteiger charge is 2.37. The third-order valence-corrected chi connectivity index (χ3v) is 4.94. The van der Waals surface area contributed by atoms with Crippen LogP contribution in [0.15, 0.2) is 25.0 Å². The Kier molecular flexibility index (Phi) is 4.59. The molecule has 6 nitrogen and oxygen atoms in total. The molecule has 0 aromatic carbocycles. The SMILES string of the molecule is C=CCOC(=O)n1ccnc1CCC[N+]12CCN(CC1)CC2. The highest BCUT2D eigenvalue weighted by atomic mass is 16.5. The van der Waals surface area contributed by atoms with Crippen LogP contribution < -0.4 is 0 Å². The number of carbonyl (C=O) groups is 1. The minimum atomic E-state index is -0.369. The molecule has 0 atom stereocenters. The van der Waals surface area contributed by atoms with Gasteiger partial charge in [-0.2, -0.15) is 0 Å². The molecule has 3 saturated heterocycles. The summed E-state index contributed by atoms with van der Waals surface area (Å²) in [5.74, 6) is 0.794. The van der Waals surface area contributed by atoms with Crippen LogP contribution >= 0.6 is 0 Å². The van der Waals surface area contributed by atoms with Crippen molar-refractivity contribution < 1.29 is 14.0 Å². The van der Waals surface area contributed by atoms with E-state index in [1.165, 1.54) is 54.9 Å². The van der Waals surface area contributed by atoms with Gasteiger partial charge in [0.25, 0.3) is 0 Å². The van der Waals surface area contributed by atoms with Crippen molar-refractivity contribution in [1.29, 1.82) is 0 Å². The van der Waals surface area contributed by atoms with Crippen molar-refractivity contribution in [3.63, 3.8) is 0 Å². The van der Waals surface area contributed by atoms with Gasteiger partial charge >= 0.3 is 6.09 Å². The number of aryl methyl sites for hydroxylation is 1. The molecule has 1 aromatic heterocycles. The van der Waals surface area contributed by atoms with Gasteiger partial charge in [0.2, 0.25) is 0 Å². The third kappa shape index (κ3) is 3.23. The van der Waals surface area contributed by atoms with Crippen molar-refractivity contribution in [2.24, 2.45) is 0 Å². The number of ether oxygens (including phenoxy) is 1. The largest absolute Gasteiger partial charge is 0.445 e. The van der Waals surface area contributed by atoms with Gasteiger partial charge in [0, 0.05) is 44.9 Å². The topological polar surface area (TPSA) is 47.4 Å². The molecule has 22 heavy (non-hydrogen) atoms.